The zero-order valence-electron chi connectivity index (χ0n) is 10.7. The van der Waals surface area contributed by atoms with E-state index in [0.29, 0.717) is 5.41 Å². The number of benzene rings is 2. The van der Waals surface area contributed by atoms with Crippen LogP contribution in [-0.4, -0.2) is 12.4 Å². The van der Waals surface area contributed by atoms with Crippen molar-refractivity contribution in [1.82, 2.24) is 0 Å². The number of fused-ring (bicyclic) bond motifs is 1. The second-order valence-corrected chi connectivity index (χ2v) is 6.05. The van der Waals surface area contributed by atoms with E-state index >= 15 is 0 Å². The lowest BCUT2D eigenvalue weighted by Gasteiger charge is -2.12. The van der Waals surface area contributed by atoms with E-state index in [2.05, 4.69) is 53.2 Å². The van der Waals surface area contributed by atoms with Crippen molar-refractivity contribution >= 4 is 26.7 Å². The lowest BCUT2D eigenvalue weighted by atomic mass is 9.93. The molecule has 2 atom stereocenters. The first kappa shape index (κ1) is 12.0. The van der Waals surface area contributed by atoms with Gasteiger partial charge in [0, 0.05) is 5.33 Å². The largest absolute Gasteiger partial charge is 0.497 e. The average molecular weight is 305 g/mol. The molecule has 3 rings (SSSR count). The maximum Gasteiger partial charge on any atom is 0.119 e. The monoisotopic (exact) mass is 304 g/mol. The molecule has 0 spiro atoms. The summed E-state index contributed by atoms with van der Waals surface area (Å²) in [5.74, 6) is 1.71. The predicted molar refractivity (Wildman–Crippen MR) is 79.8 cm³/mol. The van der Waals surface area contributed by atoms with E-state index < -0.39 is 0 Å². The van der Waals surface area contributed by atoms with Gasteiger partial charge in [0.25, 0.3) is 0 Å². The summed E-state index contributed by atoms with van der Waals surface area (Å²) < 4.78 is 5.26. The predicted octanol–water partition coefficient (Wildman–Crippen LogP) is 4.52. The molecule has 0 saturated heterocycles. The Labute approximate surface area is 116 Å². The summed E-state index contributed by atoms with van der Waals surface area (Å²) in [5, 5.41) is 3.65. The Bertz CT molecular complexity index is 593. The first-order chi connectivity index (χ1) is 8.67. The summed E-state index contributed by atoms with van der Waals surface area (Å²) >= 11 is 3.60. The van der Waals surface area contributed by atoms with Gasteiger partial charge in [-0.05, 0) is 46.2 Å². The van der Waals surface area contributed by atoms with Crippen LogP contribution in [0.5, 0.6) is 5.75 Å². The van der Waals surface area contributed by atoms with Crippen LogP contribution in [0.4, 0.5) is 0 Å². The van der Waals surface area contributed by atoms with E-state index in [9.17, 15) is 0 Å². The van der Waals surface area contributed by atoms with E-state index in [0.717, 1.165) is 17.0 Å². The van der Waals surface area contributed by atoms with E-state index in [-0.39, 0.29) is 0 Å². The fraction of sp³-hybridized carbons (Fsp3) is 0.375. The van der Waals surface area contributed by atoms with E-state index in [1.54, 1.807) is 7.11 Å². The summed E-state index contributed by atoms with van der Waals surface area (Å²) in [7, 11) is 1.71. The summed E-state index contributed by atoms with van der Waals surface area (Å²) in [5.41, 5.74) is 1.84. The third-order valence-corrected chi connectivity index (χ3v) is 5.09. The molecule has 1 aliphatic carbocycles. The highest BCUT2D eigenvalue weighted by Crippen LogP contribution is 2.54. The number of halogens is 1. The van der Waals surface area contributed by atoms with Crippen molar-refractivity contribution in [1.29, 1.82) is 0 Å². The van der Waals surface area contributed by atoms with Crippen molar-refractivity contribution < 1.29 is 4.74 Å². The minimum absolute atomic E-state index is 0.373. The summed E-state index contributed by atoms with van der Waals surface area (Å²) in [6.45, 7) is 2.36. The Kier molecular flexibility index (Phi) is 2.86. The Morgan fingerprint density at radius 2 is 1.94 bits per heavy atom. The van der Waals surface area contributed by atoms with Gasteiger partial charge in [0.2, 0.25) is 0 Å². The fourth-order valence-corrected chi connectivity index (χ4v) is 3.68. The van der Waals surface area contributed by atoms with Crippen LogP contribution in [0.3, 0.4) is 0 Å². The molecule has 0 radical (unpaired) electrons. The van der Waals surface area contributed by atoms with Gasteiger partial charge in [-0.15, -0.1) is 0 Å². The van der Waals surface area contributed by atoms with Gasteiger partial charge in [0.05, 0.1) is 7.11 Å². The number of hydrogen-bond acceptors (Lipinski definition) is 1. The van der Waals surface area contributed by atoms with Crippen molar-refractivity contribution in [2.24, 2.45) is 5.92 Å². The smallest absolute Gasteiger partial charge is 0.119 e. The highest BCUT2D eigenvalue weighted by Gasteiger charge is 2.50. The van der Waals surface area contributed by atoms with Gasteiger partial charge in [-0.3, -0.25) is 0 Å². The molecule has 18 heavy (non-hydrogen) atoms. The van der Waals surface area contributed by atoms with E-state index in [4.69, 9.17) is 4.74 Å². The molecular formula is C16H17BrO. The van der Waals surface area contributed by atoms with Crippen LogP contribution in [0.15, 0.2) is 36.4 Å². The third-order valence-electron chi connectivity index (χ3n) is 4.30. The zero-order chi connectivity index (χ0) is 12.8. The van der Waals surface area contributed by atoms with Crippen molar-refractivity contribution in [3.63, 3.8) is 0 Å². The minimum Gasteiger partial charge on any atom is -0.497 e. The maximum absolute atomic E-state index is 5.26. The molecule has 0 heterocycles. The van der Waals surface area contributed by atoms with Crippen molar-refractivity contribution in [2.45, 2.75) is 18.8 Å². The molecule has 0 amide bonds. The Hall–Kier alpha value is -1.02. The van der Waals surface area contributed by atoms with Crippen molar-refractivity contribution in [2.75, 3.05) is 12.4 Å². The van der Waals surface area contributed by atoms with Crippen LogP contribution in [-0.2, 0) is 5.41 Å². The molecule has 1 fully saturated rings. The minimum atomic E-state index is 0.373. The van der Waals surface area contributed by atoms with Gasteiger partial charge in [-0.25, -0.2) is 0 Å². The highest BCUT2D eigenvalue weighted by molar-refractivity contribution is 9.09. The molecule has 1 aliphatic rings. The molecule has 1 nitrogen and oxygen atoms in total. The standard InChI is InChI=1S/C16H17BrO/c1-16(9-14(16)10-17)13-5-3-12-8-15(18-2)6-4-11(12)7-13/h3-8,14H,9-10H2,1-2H3. The molecule has 2 unspecified atom stereocenters. The van der Waals surface area contributed by atoms with Gasteiger partial charge in [0.15, 0.2) is 0 Å². The zero-order valence-corrected chi connectivity index (χ0v) is 12.3. The Balaban J connectivity index is 2.02. The molecule has 0 bridgehead atoms. The summed E-state index contributed by atoms with van der Waals surface area (Å²) in [6.07, 6.45) is 1.29. The van der Waals surface area contributed by atoms with Crippen LogP contribution in [0.2, 0.25) is 0 Å². The molecule has 2 aromatic rings. The quantitative estimate of drug-likeness (QED) is 0.758. The van der Waals surface area contributed by atoms with Gasteiger partial charge >= 0.3 is 0 Å². The van der Waals surface area contributed by atoms with Gasteiger partial charge in [-0.1, -0.05) is 47.1 Å². The van der Waals surface area contributed by atoms with Crippen molar-refractivity contribution in [3.05, 3.63) is 42.0 Å². The number of hydrogen-bond donors (Lipinski definition) is 0. The van der Waals surface area contributed by atoms with Crippen LogP contribution < -0.4 is 4.74 Å². The SMILES string of the molecule is COc1ccc2cc(C3(C)CC3CBr)ccc2c1. The Morgan fingerprint density at radius 1 is 1.22 bits per heavy atom. The number of rotatable bonds is 3. The van der Waals surface area contributed by atoms with E-state index in [1.807, 2.05) is 6.07 Å². The second kappa shape index (κ2) is 4.27. The van der Waals surface area contributed by atoms with Crippen LogP contribution in [0, 0.1) is 5.92 Å². The summed E-state index contributed by atoms with van der Waals surface area (Å²) in [6, 6.07) is 13.1. The first-order valence-corrected chi connectivity index (χ1v) is 7.44. The first-order valence-electron chi connectivity index (χ1n) is 6.31. The summed E-state index contributed by atoms with van der Waals surface area (Å²) in [4.78, 5) is 0. The highest BCUT2D eigenvalue weighted by atomic mass is 79.9. The molecule has 0 aromatic heterocycles. The second-order valence-electron chi connectivity index (χ2n) is 5.40. The average Bonchev–Trinajstić information content (AvgIpc) is 3.10. The molecular weight excluding hydrogens is 288 g/mol. The molecule has 0 N–H and O–H groups in total. The maximum atomic E-state index is 5.26. The molecule has 1 saturated carbocycles. The third kappa shape index (κ3) is 1.83. The van der Waals surface area contributed by atoms with Crippen LogP contribution >= 0.6 is 15.9 Å². The van der Waals surface area contributed by atoms with Crippen molar-refractivity contribution in [3.8, 4) is 5.75 Å². The van der Waals surface area contributed by atoms with Crippen LogP contribution in [0.25, 0.3) is 10.8 Å². The van der Waals surface area contributed by atoms with E-state index in [1.165, 1.54) is 22.8 Å². The molecule has 94 valence electrons. The number of alkyl halides is 1. The lowest BCUT2D eigenvalue weighted by molar-refractivity contribution is 0.415. The Morgan fingerprint density at radius 3 is 2.61 bits per heavy atom. The number of ether oxygens (including phenoxy) is 1. The normalized spacial score (nSPS) is 26.3. The van der Waals surface area contributed by atoms with Gasteiger partial charge < -0.3 is 4.74 Å². The number of methoxy groups -OCH3 is 1. The topological polar surface area (TPSA) is 9.23 Å². The molecule has 0 aliphatic heterocycles. The molecule has 2 aromatic carbocycles. The van der Waals surface area contributed by atoms with Gasteiger partial charge in [0.1, 0.15) is 5.75 Å². The van der Waals surface area contributed by atoms with Gasteiger partial charge in [-0.2, -0.15) is 0 Å². The lowest BCUT2D eigenvalue weighted by Crippen LogP contribution is -2.04. The molecule has 2 heteroatoms. The fourth-order valence-electron chi connectivity index (χ4n) is 2.74. The van der Waals surface area contributed by atoms with Crippen LogP contribution in [0.1, 0.15) is 18.9 Å².